The molecular formula is C12H16N4O3. The van der Waals surface area contributed by atoms with Crippen molar-refractivity contribution < 1.29 is 14.3 Å². The molecule has 0 bridgehead atoms. The fourth-order valence-electron chi connectivity index (χ4n) is 2.12. The van der Waals surface area contributed by atoms with E-state index in [4.69, 9.17) is 11.5 Å². The Morgan fingerprint density at radius 1 is 1.47 bits per heavy atom. The number of esters is 1. The van der Waals surface area contributed by atoms with Crippen LogP contribution in [0.2, 0.25) is 0 Å². The van der Waals surface area contributed by atoms with Gasteiger partial charge in [-0.15, -0.1) is 0 Å². The van der Waals surface area contributed by atoms with E-state index in [2.05, 4.69) is 9.72 Å². The number of pyridine rings is 1. The molecule has 1 fully saturated rings. The summed E-state index contributed by atoms with van der Waals surface area (Å²) in [4.78, 5) is 28.7. The molecule has 102 valence electrons. The van der Waals surface area contributed by atoms with Crippen LogP contribution in [0.1, 0.15) is 16.9 Å². The summed E-state index contributed by atoms with van der Waals surface area (Å²) in [5, 5.41) is 0. The van der Waals surface area contributed by atoms with E-state index in [0.717, 1.165) is 0 Å². The van der Waals surface area contributed by atoms with E-state index in [-0.39, 0.29) is 17.5 Å². The number of nitrogen functional groups attached to an aromatic ring is 1. The normalized spacial score (nSPS) is 18.4. The fraction of sp³-hybridized carbons (Fsp3) is 0.417. The molecule has 1 aromatic rings. The molecule has 1 unspecified atom stereocenters. The fourth-order valence-corrected chi connectivity index (χ4v) is 2.12. The number of ether oxygens (including phenoxy) is 1. The highest BCUT2D eigenvalue weighted by molar-refractivity contribution is 5.88. The standard InChI is InChI=1S/C12H16N4O3/c1-19-12(18)9-3-2-8(13)11(15-9)16-5-4-7(6-16)10(14)17/h2-3,7H,4-6,13H2,1H3,(H2,14,17). The predicted molar refractivity (Wildman–Crippen MR) is 69.5 cm³/mol. The highest BCUT2D eigenvalue weighted by Crippen LogP contribution is 2.27. The maximum absolute atomic E-state index is 11.4. The second-order valence-corrected chi connectivity index (χ2v) is 4.43. The summed E-state index contributed by atoms with van der Waals surface area (Å²) in [5.41, 5.74) is 11.8. The van der Waals surface area contributed by atoms with Crippen molar-refractivity contribution in [2.24, 2.45) is 11.7 Å². The highest BCUT2D eigenvalue weighted by atomic mass is 16.5. The van der Waals surface area contributed by atoms with E-state index in [9.17, 15) is 9.59 Å². The quantitative estimate of drug-likeness (QED) is 0.729. The number of aromatic nitrogens is 1. The maximum Gasteiger partial charge on any atom is 0.356 e. The SMILES string of the molecule is COC(=O)c1ccc(N)c(N2CCC(C(N)=O)C2)n1. The molecule has 1 saturated heterocycles. The molecule has 1 atom stereocenters. The van der Waals surface area contributed by atoms with Crippen LogP contribution in [0.4, 0.5) is 11.5 Å². The maximum atomic E-state index is 11.4. The van der Waals surface area contributed by atoms with Crippen molar-refractivity contribution in [3.63, 3.8) is 0 Å². The predicted octanol–water partition coefficient (Wildman–Crippen LogP) is -0.238. The van der Waals surface area contributed by atoms with Crippen LogP contribution < -0.4 is 16.4 Å². The van der Waals surface area contributed by atoms with Gasteiger partial charge in [0.25, 0.3) is 0 Å². The first kappa shape index (κ1) is 13.1. The minimum Gasteiger partial charge on any atom is -0.464 e. The molecule has 0 radical (unpaired) electrons. The highest BCUT2D eigenvalue weighted by Gasteiger charge is 2.28. The van der Waals surface area contributed by atoms with Gasteiger partial charge < -0.3 is 21.1 Å². The Bertz CT molecular complexity index is 518. The van der Waals surface area contributed by atoms with Gasteiger partial charge in [-0.05, 0) is 18.6 Å². The Hall–Kier alpha value is -2.31. The first-order chi connectivity index (χ1) is 9.02. The molecule has 2 heterocycles. The monoisotopic (exact) mass is 264 g/mol. The van der Waals surface area contributed by atoms with Crippen molar-refractivity contribution in [1.82, 2.24) is 4.98 Å². The summed E-state index contributed by atoms with van der Waals surface area (Å²) in [6.45, 7) is 1.10. The molecule has 0 aromatic carbocycles. The third kappa shape index (κ3) is 2.59. The Balaban J connectivity index is 2.25. The number of carbonyl (C=O) groups excluding carboxylic acids is 2. The summed E-state index contributed by atoms with van der Waals surface area (Å²) in [7, 11) is 1.29. The second-order valence-electron chi connectivity index (χ2n) is 4.43. The molecule has 1 aromatic heterocycles. The van der Waals surface area contributed by atoms with Crippen LogP contribution in [0.5, 0.6) is 0 Å². The van der Waals surface area contributed by atoms with E-state index in [1.807, 2.05) is 4.90 Å². The van der Waals surface area contributed by atoms with Gasteiger partial charge >= 0.3 is 5.97 Å². The van der Waals surface area contributed by atoms with Crippen LogP contribution in [0.15, 0.2) is 12.1 Å². The first-order valence-electron chi connectivity index (χ1n) is 5.92. The number of hydrogen-bond acceptors (Lipinski definition) is 6. The summed E-state index contributed by atoms with van der Waals surface area (Å²) < 4.78 is 4.62. The lowest BCUT2D eigenvalue weighted by molar-refractivity contribution is -0.121. The number of carbonyl (C=O) groups is 2. The van der Waals surface area contributed by atoms with E-state index in [0.29, 0.717) is 31.0 Å². The lowest BCUT2D eigenvalue weighted by atomic mass is 10.1. The third-order valence-electron chi connectivity index (χ3n) is 3.19. The molecule has 0 spiro atoms. The molecule has 1 aliphatic rings. The Morgan fingerprint density at radius 3 is 2.79 bits per heavy atom. The number of primary amides is 1. The number of rotatable bonds is 3. The average molecular weight is 264 g/mol. The van der Waals surface area contributed by atoms with Crippen LogP contribution in [0, 0.1) is 5.92 Å². The summed E-state index contributed by atoms with van der Waals surface area (Å²) in [6, 6.07) is 3.11. The van der Waals surface area contributed by atoms with Crippen molar-refractivity contribution in [2.45, 2.75) is 6.42 Å². The van der Waals surface area contributed by atoms with Crippen LogP contribution in [-0.2, 0) is 9.53 Å². The minimum absolute atomic E-state index is 0.189. The van der Waals surface area contributed by atoms with Gasteiger partial charge in [-0.3, -0.25) is 4.79 Å². The number of hydrogen-bond donors (Lipinski definition) is 2. The van der Waals surface area contributed by atoms with Crippen molar-refractivity contribution in [3.05, 3.63) is 17.8 Å². The zero-order chi connectivity index (χ0) is 14.0. The largest absolute Gasteiger partial charge is 0.464 e. The Morgan fingerprint density at radius 2 is 2.21 bits per heavy atom. The molecule has 7 nitrogen and oxygen atoms in total. The van der Waals surface area contributed by atoms with Crippen molar-refractivity contribution >= 4 is 23.4 Å². The topological polar surface area (TPSA) is 112 Å². The molecule has 7 heteroatoms. The molecular weight excluding hydrogens is 248 g/mol. The van der Waals surface area contributed by atoms with Crippen LogP contribution in [0.25, 0.3) is 0 Å². The number of anilines is 2. The number of nitrogens with zero attached hydrogens (tertiary/aromatic N) is 2. The minimum atomic E-state index is -0.521. The first-order valence-corrected chi connectivity index (χ1v) is 5.92. The average Bonchev–Trinajstić information content (AvgIpc) is 2.88. The van der Waals surface area contributed by atoms with Gasteiger partial charge in [0, 0.05) is 13.1 Å². The molecule has 1 aliphatic heterocycles. The molecule has 0 aliphatic carbocycles. The van der Waals surface area contributed by atoms with Gasteiger partial charge in [-0.25, -0.2) is 9.78 Å². The lowest BCUT2D eigenvalue weighted by Crippen LogP contribution is -2.28. The van der Waals surface area contributed by atoms with Crippen molar-refractivity contribution in [3.8, 4) is 0 Å². The Kier molecular flexibility index (Phi) is 3.55. The van der Waals surface area contributed by atoms with Crippen LogP contribution >= 0.6 is 0 Å². The number of methoxy groups -OCH3 is 1. The van der Waals surface area contributed by atoms with Crippen molar-refractivity contribution in [1.29, 1.82) is 0 Å². The zero-order valence-corrected chi connectivity index (χ0v) is 10.6. The summed E-state index contributed by atoms with van der Waals surface area (Å²) >= 11 is 0. The summed E-state index contributed by atoms with van der Waals surface area (Å²) in [5.74, 6) is -0.563. The molecule has 2 rings (SSSR count). The van der Waals surface area contributed by atoms with E-state index >= 15 is 0 Å². The van der Waals surface area contributed by atoms with Gasteiger partial charge in [0.2, 0.25) is 5.91 Å². The molecule has 19 heavy (non-hydrogen) atoms. The summed E-state index contributed by atoms with van der Waals surface area (Å²) in [6.07, 6.45) is 0.666. The van der Waals surface area contributed by atoms with Crippen molar-refractivity contribution in [2.75, 3.05) is 30.8 Å². The van der Waals surface area contributed by atoms with Gasteiger partial charge in [-0.1, -0.05) is 0 Å². The van der Waals surface area contributed by atoms with E-state index in [1.54, 1.807) is 6.07 Å². The van der Waals surface area contributed by atoms with Crippen LogP contribution in [0.3, 0.4) is 0 Å². The Labute approximate surface area is 110 Å². The molecule has 1 amide bonds. The zero-order valence-electron chi connectivity index (χ0n) is 10.6. The van der Waals surface area contributed by atoms with Crippen LogP contribution in [-0.4, -0.2) is 37.1 Å². The van der Waals surface area contributed by atoms with Gasteiger partial charge in [0.15, 0.2) is 11.5 Å². The number of amides is 1. The second kappa shape index (κ2) is 5.13. The molecule has 4 N–H and O–H groups in total. The van der Waals surface area contributed by atoms with E-state index in [1.165, 1.54) is 13.2 Å². The lowest BCUT2D eigenvalue weighted by Gasteiger charge is -2.19. The van der Waals surface area contributed by atoms with E-state index < -0.39 is 5.97 Å². The third-order valence-corrected chi connectivity index (χ3v) is 3.19. The molecule has 0 saturated carbocycles. The number of nitrogens with two attached hydrogens (primary N) is 2. The van der Waals surface area contributed by atoms with Gasteiger partial charge in [0.05, 0.1) is 18.7 Å². The van der Waals surface area contributed by atoms with Gasteiger partial charge in [-0.2, -0.15) is 0 Å². The smallest absolute Gasteiger partial charge is 0.356 e. The van der Waals surface area contributed by atoms with Gasteiger partial charge in [0.1, 0.15) is 0 Å².